The number of benzene rings is 2. The Morgan fingerprint density at radius 1 is 1.29 bits per heavy atom. The smallest absolute Gasteiger partial charge is 0.256 e. The third-order valence-corrected chi connectivity index (χ3v) is 6.28. The summed E-state index contributed by atoms with van der Waals surface area (Å²) >= 11 is 0. The quantitative estimate of drug-likeness (QED) is 0.684. The summed E-state index contributed by atoms with van der Waals surface area (Å²) < 4.78 is 40.3. The van der Waals surface area contributed by atoms with Gasteiger partial charge in [-0.15, -0.1) is 0 Å². The SMILES string of the molecule is C=CS(=O)(=O)N(C)c1cccc(-c2c(F)cc(C(N)=O)c3[nH]c(C)c(C)c23)c1. The molecule has 1 amide bonds. The van der Waals surface area contributed by atoms with Crippen LogP contribution in [0.25, 0.3) is 22.0 Å². The third-order valence-electron chi connectivity index (χ3n) is 4.89. The minimum atomic E-state index is -3.69. The molecule has 0 radical (unpaired) electrons. The number of fused-ring (bicyclic) bond motifs is 1. The lowest BCUT2D eigenvalue weighted by Crippen LogP contribution is -2.23. The number of sulfonamides is 1. The maximum absolute atomic E-state index is 15.1. The van der Waals surface area contributed by atoms with Crippen LogP contribution in [0.15, 0.2) is 42.3 Å². The first kappa shape index (κ1) is 19.6. The Balaban J connectivity index is 2.33. The van der Waals surface area contributed by atoms with E-state index in [1.165, 1.54) is 7.05 Å². The zero-order valence-electron chi connectivity index (χ0n) is 15.7. The summed E-state index contributed by atoms with van der Waals surface area (Å²) in [5.74, 6) is -1.35. The van der Waals surface area contributed by atoms with E-state index < -0.39 is 21.7 Å². The molecule has 0 spiro atoms. The summed E-state index contributed by atoms with van der Waals surface area (Å²) in [7, 11) is -2.30. The molecular weight excluding hydrogens is 381 g/mol. The molecular formula is C20H20FN3O3S. The molecule has 8 heteroatoms. The molecule has 0 bridgehead atoms. The zero-order chi connectivity index (χ0) is 20.8. The van der Waals surface area contributed by atoms with Crippen LogP contribution in [0.4, 0.5) is 10.1 Å². The topological polar surface area (TPSA) is 96.3 Å². The molecule has 0 fully saturated rings. The lowest BCUT2D eigenvalue weighted by Gasteiger charge is -2.18. The Kier molecular flexibility index (Phi) is 4.76. The van der Waals surface area contributed by atoms with Crippen molar-refractivity contribution >= 4 is 32.5 Å². The van der Waals surface area contributed by atoms with Gasteiger partial charge in [0.15, 0.2) is 0 Å². The van der Waals surface area contributed by atoms with E-state index in [9.17, 15) is 13.2 Å². The number of hydrogen-bond acceptors (Lipinski definition) is 3. The minimum Gasteiger partial charge on any atom is -0.366 e. The zero-order valence-corrected chi connectivity index (χ0v) is 16.5. The average Bonchev–Trinajstić information content (AvgIpc) is 2.95. The average molecular weight is 401 g/mol. The van der Waals surface area contributed by atoms with Crippen LogP contribution in [0.5, 0.6) is 0 Å². The number of primary amides is 1. The van der Waals surface area contributed by atoms with E-state index in [0.29, 0.717) is 22.2 Å². The van der Waals surface area contributed by atoms with Crippen molar-refractivity contribution < 1.29 is 17.6 Å². The number of nitrogens with zero attached hydrogens (tertiary/aromatic N) is 1. The molecule has 0 aliphatic carbocycles. The second kappa shape index (κ2) is 6.79. The van der Waals surface area contributed by atoms with Crippen LogP contribution in [0.2, 0.25) is 0 Å². The molecule has 3 rings (SSSR count). The van der Waals surface area contributed by atoms with Crippen molar-refractivity contribution in [3.8, 4) is 11.1 Å². The van der Waals surface area contributed by atoms with Gasteiger partial charge < -0.3 is 10.7 Å². The van der Waals surface area contributed by atoms with Crippen molar-refractivity contribution in [3.05, 3.63) is 65.0 Å². The fourth-order valence-electron chi connectivity index (χ4n) is 3.22. The number of anilines is 1. The molecule has 0 saturated carbocycles. The molecule has 146 valence electrons. The molecule has 1 aromatic heterocycles. The van der Waals surface area contributed by atoms with Gasteiger partial charge in [0.05, 0.1) is 16.8 Å². The molecule has 0 unspecified atom stereocenters. The molecule has 0 atom stereocenters. The monoisotopic (exact) mass is 401 g/mol. The number of carbonyl (C=O) groups is 1. The second-order valence-electron chi connectivity index (χ2n) is 6.50. The van der Waals surface area contributed by atoms with E-state index in [1.54, 1.807) is 24.3 Å². The number of nitrogens with one attached hydrogen (secondary N) is 1. The highest BCUT2D eigenvalue weighted by Gasteiger charge is 2.22. The number of hydrogen-bond donors (Lipinski definition) is 2. The van der Waals surface area contributed by atoms with E-state index in [1.807, 2.05) is 13.8 Å². The Morgan fingerprint density at radius 3 is 2.57 bits per heavy atom. The van der Waals surface area contributed by atoms with Crippen LogP contribution in [-0.2, 0) is 10.0 Å². The summed E-state index contributed by atoms with van der Waals surface area (Å²) in [6.45, 7) is 6.96. The number of rotatable bonds is 5. The van der Waals surface area contributed by atoms with E-state index in [4.69, 9.17) is 5.73 Å². The van der Waals surface area contributed by atoms with E-state index in [0.717, 1.165) is 27.0 Å². The van der Waals surface area contributed by atoms with Crippen molar-refractivity contribution in [1.82, 2.24) is 4.98 Å². The molecule has 2 aromatic carbocycles. The van der Waals surface area contributed by atoms with Gasteiger partial charge in [0.25, 0.3) is 15.9 Å². The Labute approximate surface area is 162 Å². The predicted molar refractivity (Wildman–Crippen MR) is 109 cm³/mol. The molecule has 6 nitrogen and oxygen atoms in total. The number of carbonyl (C=O) groups excluding carboxylic acids is 1. The van der Waals surface area contributed by atoms with Gasteiger partial charge >= 0.3 is 0 Å². The maximum Gasteiger partial charge on any atom is 0.256 e. The Hall–Kier alpha value is -3.13. The van der Waals surface area contributed by atoms with Crippen molar-refractivity contribution in [1.29, 1.82) is 0 Å². The third kappa shape index (κ3) is 3.05. The van der Waals surface area contributed by atoms with E-state index >= 15 is 4.39 Å². The predicted octanol–water partition coefficient (Wildman–Crippen LogP) is 3.60. The standard InChI is InChI=1S/C20H20FN3O3S/c1-5-28(26,27)24(4)14-8-6-7-13(9-14)18-16(21)10-15(20(22)25)19-17(18)11(2)12(3)23-19/h5-10,23H,1H2,2-4H3,(H2,22,25). The highest BCUT2D eigenvalue weighted by molar-refractivity contribution is 7.95. The lowest BCUT2D eigenvalue weighted by molar-refractivity contribution is 0.100. The van der Waals surface area contributed by atoms with Gasteiger partial charge in [-0.25, -0.2) is 12.8 Å². The molecule has 1 heterocycles. The Bertz CT molecular complexity index is 1230. The summed E-state index contributed by atoms with van der Waals surface area (Å²) in [6, 6.07) is 7.60. The van der Waals surface area contributed by atoms with Gasteiger partial charge in [0.2, 0.25) is 0 Å². The fraction of sp³-hybridized carbons (Fsp3) is 0.150. The fourth-order valence-corrected chi connectivity index (χ4v) is 3.85. The molecule has 28 heavy (non-hydrogen) atoms. The molecule has 3 N–H and O–H groups in total. The second-order valence-corrected chi connectivity index (χ2v) is 8.41. The van der Waals surface area contributed by atoms with Gasteiger partial charge in [-0.3, -0.25) is 9.10 Å². The van der Waals surface area contributed by atoms with Gasteiger partial charge in [0.1, 0.15) is 5.82 Å². The van der Waals surface area contributed by atoms with Gasteiger partial charge in [0, 0.05) is 29.1 Å². The number of nitrogens with two attached hydrogens (primary N) is 1. The van der Waals surface area contributed by atoms with Crippen molar-refractivity contribution in [2.24, 2.45) is 5.73 Å². The van der Waals surface area contributed by atoms with Crippen molar-refractivity contribution in [2.45, 2.75) is 13.8 Å². The minimum absolute atomic E-state index is 0.0648. The van der Waals surface area contributed by atoms with E-state index in [2.05, 4.69) is 11.6 Å². The lowest BCUT2D eigenvalue weighted by atomic mass is 9.95. The maximum atomic E-state index is 15.1. The first-order chi connectivity index (χ1) is 13.1. The highest BCUT2D eigenvalue weighted by Crippen LogP contribution is 2.38. The van der Waals surface area contributed by atoms with Crippen LogP contribution >= 0.6 is 0 Å². The van der Waals surface area contributed by atoms with Gasteiger partial charge in [-0.1, -0.05) is 18.7 Å². The number of H-pyrrole nitrogens is 1. The Morgan fingerprint density at radius 2 is 1.96 bits per heavy atom. The molecule has 0 saturated heterocycles. The first-order valence-electron chi connectivity index (χ1n) is 8.41. The number of aromatic nitrogens is 1. The van der Waals surface area contributed by atoms with Gasteiger partial charge in [-0.2, -0.15) is 0 Å². The van der Waals surface area contributed by atoms with Crippen molar-refractivity contribution in [3.63, 3.8) is 0 Å². The van der Waals surface area contributed by atoms with Crippen molar-refractivity contribution in [2.75, 3.05) is 11.4 Å². The number of amides is 1. The summed E-state index contributed by atoms with van der Waals surface area (Å²) in [5.41, 5.74) is 8.60. The number of halogens is 1. The van der Waals surface area contributed by atoms with Crippen LogP contribution < -0.4 is 10.0 Å². The van der Waals surface area contributed by atoms with Crippen LogP contribution in [0, 0.1) is 19.7 Å². The number of aromatic amines is 1. The van der Waals surface area contributed by atoms with Gasteiger partial charge in [-0.05, 0) is 43.2 Å². The van der Waals surface area contributed by atoms with Crippen LogP contribution in [0.1, 0.15) is 21.6 Å². The highest BCUT2D eigenvalue weighted by atomic mass is 32.2. The molecule has 0 aliphatic heterocycles. The normalized spacial score (nSPS) is 11.6. The first-order valence-corrected chi connectivity index (χ1v) is 9.91. The summed E-state index contributed by atoms with van der Waals surface area (Å²) in [4.78, 5) is 14.9. The largest absolute Gasteiger partial charge is 0.366 e. The number of aryl methyl sites for hydroxylation is 2. The molecule has 0 aliphatic rings. The van der Waals surface area contributed by atoms with Crippen LogP contribution in [0.3, 0.4) is 0 Å². The summed E-state index contributed by atoms with van der Waals surface area (Å²) in [6.07, 6.45) is 0. The molecule has 3 aromatic rings. The van der Waals surface area contributed by atoms with E-state index in [-0.39, 0.29) is 11.1 Å². The summed E-state index contributed by atoms with van der Waals surface area (Å²) in [5, 5.41) is 1.39. The van der Waals surface area contributed by atoms with Crippen LogP contribution in [-0.4, -0.2) is 26.4 Å².